The maximum Gasteiger partial charge on any atom is 0.142 e. The minimum atomic E-state index is 0.244. The van der Waals surface area contributed by atoms with Crippen LogP contribution in [-0.4, -0.2) is 9.97 Å². The first-order chi connectivity index (χ1) is 10.7. The highest BCUT2D eigenvalue weighted by atomic mass is 14.8. The Balaban J connectivity index is 2.25. The van der Waals surface area contributed by atoms with Crippen LogP contribution in [0, 0.1) is 18.3 Å². The molecular weight excluding hydrogens is 272 g/mol. The van der Waals surface area contributed by atoms with Gasteiger partial charge in [-0.25, -0.2) is 4.98 Å². The van der Waals surface area contributed by atoms with Crippen molar-refractivity contribution in [2.75, 3.05) is 5.73 Å². The van der Waals surface area contributed by atoms with Crippen molar-refractivity contribution >= 4 is 5.82 Å². The fourth-order valence-electron chi connectivity index (χ4n) is 2.39. The van der Waals surface area contributed by atoms with E-state index in [1.807, 2.05) is 49.4 Å². The van der Waals surface area contributed by atoms with E-state index in [1.165, 1.54) is 0 Å². The van der Waals surface area contributed by atoms with Crippen molar-refractivity contribution < 1.29 is 0 Å². The number of nitrogen functional groups attached to an aromatic ring is 1. The molecule has 0 aliphatic carbocycles. The molecule has 2 heterocycles. The average Bonchev–Trinajstić information content (AvgIpc) is 2.55. The number of nitriles is 1. The number of nitrogens with two attached hydrogens (primary N) is 1. The van der Waals surface area contributed by atoms with Gasteiger partial charge in [0.15, 0.2) is 0 Å². The van der Waals surface area contributed by atoms with Crippen LogP contribution in [0.15, 0.2) is 54.9 Å². The van der Waals surface area contributed by atoms with Crippen molar-refractivity contribution in [2.24, 2.45) is 0 Å². The van der Waals surface area contributed by atoms with E-state index in [4.69, 9.17) is 5.73 Å². The topological polar surface area (TPSA) is 75.6 Å². The Labute approximate surface area is 128 Å². The SMILES string of the molecule is Cc1cccc(-c2cc(-c3ccncc3)nc(N)c2C#N)c1. The number of pyridine rings is 2. The monoisotopic (exact) mass is 286 g/mol. The summed E-state index contributed by atoms with van der Waals surface area (Å²) in [6.45, 7) is 2.02. The molecule has 3 aromatic rings. The first kappa shape index (κ1) is 13.8. The van der Waals surface area contributed by atoms with Gasteiger partial charge in [0.25, 0.3) is 0 Å². The lowest BCUT2D eigenvalue weighted by molar-refractivity contribution is 1.28. The van der Waals surface area contributed by atoms with Gasteiger partial charge < -0.3 is 5.73 Å². The third-order valence-electron chi connectivity index (χ3n) is 3.46. The zero-order valence-corrected chi connectivity index (χ0v) is 12.1. The van der Waals surface area contributed by atoms with Gasteiger partial charge in [-0.05, 0) is 30.7 Å². The Morgan fingerprint density at radius 1 is 1.05 bits per heavy atom. The maximum atomic E-state index is 9.41. The number of aryl methyl sites for hydroxylation is 1. The van der Waals surface area contributed by atoms with Crippen LogP contribution in [0.4, 0.5) is 5.82 Å². The average molecular weight is 286 g/mol. The second kappa shape index (κ2) is 5.66. The van der Waals surface area contributed by atoms with Crippen molar-refractivity contribution in [3.05, 3.63) is 66.0 Å². The molecule has 2 N–H and O–H groups in total. The minimum Gasteiger partial charge on any atom is -0.383 e. The van der Waals surface area contributed by atoms with E-state index in [1.54, 1.807) is 12.4 Å². The highest BCUT2D eigenvalue weighted by molar-refractivity contribution is 5.80. The second-order valence-electron chi connectivity index (χ2n) is 5.03. The van der Waals surface area contributed by atoms with E-state index >= 15 is 0 Å². The summed E-state index contributed by atoms with van der Waals surface area (Å²) < 4.78 is 0. The molecule has 3 rings (SSSR count). The lowest BCUT2D eigenvalue weighted by Crippen LogP contribution is -2.00. The molecule has 4 heteroatoms. The number of aromatic nitrogens is 2. The second-order valence-corrected chi connectivity index (χ2v) is 5.03. The van der Waals surface area contributed by atoms with Crippen molar-refractivity contribution in [1.82, 2.24) is 9.97 Å². The van der Waals surface area contributed by atoms with Crippen LogP contribution >= 0.6 is 0 Å². The molecule has 0 saturated carbocycles. The quantitative estimate of drug-likeness (QED) is 0.781. The molecule has 0 fully saturated rings. The van der Waals surface area contributed by atoms with Crippen molar-refractivity contribution in [2.45, 2.75) is 6.92 Å². The molecule has 0 saturated heterocycles. The first-order valence-electron chi connectivity index (χ1n) is 6.87. The van der Waals surface area contributed by atoms with E-state index in [0.717, 1.165) is 27.9 Å². The van der Waals surface area contributed by atoms with Gasteiger partial charge >= 0.3 is 0 Å². The molecule has 0 spiro atoms. The molecule has 106 valence electrons. The summed E-state index contributed by atoms with van der Waals surface area (Å²) in [6.07, 6.45) is 3.41. The Morgan fingerprint density at radius 2 is 1.82 bits per heavy atom. The van der Waals surface area contributed by atoms with E-state index in [0.29, 0.717) is 5.56 Å². The molecule has 0 unspecified atom stereocenters. The standard InChI is InChI=1S/C18H14N4/c1-12-3-2-4-14(9-12)15-10-17(13-5-7-21-8-6-13)22-18(20)16(15)11-19/h2-10H,1H3,(H2,20,22). The van der Waals surface area contributed by atoms with Crippen LogP contribution in [0.25, 0.3) is 22.4 Å². The van der Waals surface area contributed by atoms with E-state index in [2.05, 4.69) is 16.0 Å². The van der Waals surface area contributed by atoms with Crippen LogP contribution in [0.3, 0.4) is 0 Å². The Bertz CT molecular complexity index is 864. The van der Waals surface area contributed by atoms with Crippen LogP contribution in [0.1, 0.15) is 11.1 Å². The van der Waals surface area contributed by atoms with Gasteiger partial charge in [-0.15, -0.1) is 0 Å². The van der Waals surface area contributed by atoms with Crippen LogP contribution in [-0.2, 0) is 0 Å². The van der Waals surface area contributed by atoms with Gasteiger partial charge in [-0.2, -0.15) is 5.26 Å². The molecule has 1 aromatic carbocycles. The van der Waals surface area contributed by atoms with E-state index < -0.39 is 0 Å². The van der Waals surface area contributed by atoms with Gasteiger partial charge in [0.05, 0.1) is 5.69 Å². The lowest BCUT2D eigenvalue weighted by atomic mass is 9.97. The number of anilines is 1. The predicted octanol–water partition coefficient (Wildman–Crippen LogP) is 3.57. The van der Waals surface area contributed by atoms with Gasteiger partial charge in [0.2, 0.25) is 0 Å². The summed E-state index contributed by atoms with van der Waals surface area (Å²) in [5.41, 5.74) is 10.9. The zero-order valence-electron chi connectivity index (χ0n) is 12.1. The molecule has 22 heavy (non-hydrogen) atoms. The molecule has 0 aliphatic rings. The van der Waals surface area contributed by atoms with Crippen LogP contribution < -0.4 is 5.73 Å². The fraction of sp³-hybridized carbons (Fsp3) is 0.0556. The van der Waals surface area contributed by atoms with Gasteiger partial charge in [-0.1, -0.05) is 29.8 Å². The fourth-order valence-corrected chi connectivity index (χ4v) is 2.39. The highest BCUT2D eigenvalue weighted by Crippen LogP contribution is 2.31. The summed E-state index contributed by atoms with van der Waals surface area (Å²) >= 11 is 0. The lowest BCUT2D eigenvalue weighted by Gasteiger charge is -2.10. The third kappa shape index (κ3) is 2.52. The van der Waals surface area contributed by atoms with Gasteiger partial charge in [0.1, 0.15) is 17.5 Å². The number of nitrogens with zero attached hydrogens (tertiary/aromatic N) is 3. The number of hydrogen-bond donors (Lipinski definition) is 1. The molecule has 0 aliphatic heterocycles. The predicted molar refractivity (Wildman–Crippen MR) is 86.8 cm³/mol. The smallest absolute Gasteiger partial charge is 0.142 e. The Hall–Kier alpha value is -3.19. The summed E-state index contributed by atoms with van der Waals surface area (Å²) in [5, 5.41) is 9.41. The maximum absolute atomic E-state index is 9.41. The number of benzene rings is 1. The summed E-state index contributed by atoms with van der Waals surface area (Å²) in [4.78, 5) is 8.36. The molecule has 2 aromatic heterocycles. The first-order valence-corrected chi connectivity index (χ1v) is 6.87. The summed E-state index contributed by atoms with van der Waals surface area (Å²) in [7, 11) is 0. The number of hydrogen-bond acceptors (Lipinski definition) is 4. The highest BCUT2D eigenvalue weighted by Gasteiger charge is 2.13. The van der Waals surface area contributed by atoms with Crippen molar-refractivity contribution in [3.8, 4) is 28.5 Å². The minimum absolute atomic E-state index is 0.244. The van der Waals surface area contributed by atoms with Crippen molar-refractivity contribution in [3.63, 3.8) is 0 Å². The van der Waals surface area contributed by atoms with Gasteiger partial charge in [-0.3, -0.25) is 4.98 Å². The van der Waals surface area contributed by atoms with E-state index in [-0.39, 0.29) is 5.82 Å². The zero-order chi connectivity index (χ0) is 15.5. The summed E-state index contributed by atoms with van der Waals surface area (Å²) in [6, 6.07) is 15.8. The number of rotatable bonds is 2. The Kier molecular flexibility index (Phi) is 3.55. The van der Waals surface area contributed by atoms with Crippen molar-refractivity contribution in [1.29, 1.82) is 5.26 Å². The largest absolute Gasteiger partial charge is 0.383 e. The van der Waals surface area contributed by atoms with Crippen LogP contribution in [0.5, 0.6) is 0 Å². The summed E-state index contributed by atoms with van der Waals surface area (Å²) in [5.74, 6) is 0.244. The molecule has 0 atom stereocenters. The molecule has 0 bridgehead atoms. The van der Waals surface area contributed by atoms with Gasteiger partial charge in [0, 0.05) is 23.5 Å². The Morgan fingerprint density at radius 3 is 2.50 bits per heavy atom. The molecule has 0 radical (unpaired) electrons. The van der Waals surface area contributed by atoms with Crippen LogP contribution in [0.2, 0.25) is 0 Å². The third-order valence-corrected chi connectivity index (χ3v) is 3.46. The van der Waals surface area contributed by atoms with E-state index in [9.17, 15) is 5.26 Å². The molecule has 4 nitrogen and oxygen atoms in total. The molecule has 0 amide bonds. The molecular formula is C18H14N4. The normalized spacial score (nSPS) is 10.2.